The number of nitro benzene ring substituents is 1. The van der Waals surface area contributed by atoms with Crippen molar-refractivity contribution in [2.45, 2.75) is 25.1 Å². The highest BCUT2D eigenvalue weighted by atomic mass is 19.4. The van der Waals surface area contributed by atoms with Crippen LogP contribution in [0.15, 0.2) is 42.5 Å². The standard InChI is InChI=1S/C25H29F3N4O5/c1-36-21-4-2-3-18(15-21)30-11-13-31(14-12-30)24(33)17-37-20-7-9-29(10-8-20)19-5-6-23(32(34)35)22(16-19)25(26,27)28/h2-6,15-16,20H,7-14,17H2,1H3. The molecule has 9 nitrogen and oxygen atoms in total. The predicted molar refractivity (Wildman–Crippen MR) is 131 cm³/mol. The van der Waals surface area contributed by atoms with Crippen molar-refractivity contribution in [1.82, 2.24) is 4.90 Å². The van der Waals surface area contributed by atoms with Crippen molar-refractivity contribution in [2.24, 2.45) is 0 Å². The summed E-state index contributed by atoms with van der Waals surface area (Å²) in [5.41, 5.74) is -0.894. The van der Waals surface area contributed by atoms with Crippen molar-refractivity contribution in [3.8, 4) is 5.75 Å². The molecule has 200 valence electrons. The first-order valence-corrected chi connectivity index (χ1v) is 12.0. The van der Waals surface area contributed by atoms with E-state index in [0.717, 1.165) is 23.6 Å². The van der Waals surface area contributed by atoms with Gasteiger partial charge in [0.25, 0.3) is 5.69 Å². The molecular formula is C25H29F3N4O5. The molecule has 37 heavy (non-hydrogen) atoms. The van der Waals surface area contributed by atoms with Gasteiger partial charge < -0.3 is 24.2 Å². The third kappa shape index (κ3) is 6.43. The Morgan fingerprint density at radius 2 is 1.65 bits per heavy atom. The van der Waals surface area contributed by atoms with Crippen LogP contribution in [0.4, 0.5) is 30.2 Å². The number of alkyl halides is 3. The van der Waals surface area contributed by atoms with Crippen LogP contribution in [-0.2, 0) is 15.7 Å². The highest BCUT2D eigenvalue weighted by Gasteiger charge is 2.39. The molecule has 2 aromatic carbocycles. The van der Waals surface area contributed by atoms with Crippen LogP contribution in [0, 0.1) is 10.1 Å². The van der Waals surface area contributed by atoms with Gasteiger partial charge in [0.2, 0.25) is 5.91 Å². The highest BCUT2D eigenvalue weighted by Crippen LogP contribution is 2.38. The average molecular weight is 523 g/mol. The molecule has 2 saturated heterocycles. The van der Waals surface area contributed by atoms with Crippen LogP contribution in [0.2, 0.25) is 0 Å². The van der Waals surface area contributed by atoms with Gasteiger partial charge in [-0.1, -0.05) is 6.07 Å². The number of amides is 1. The van der Waals surface area contributed by atoms with E-state index in [2.05, 4.69) is 4.90 Å². The summed E-state index contributed by atoms with van der Waals surface area (Å²) >= 11 is 0. The molecule has 0 aliphatic carbocycles. The van der Waals surface area contributed by atoms with E-state index in [9.17, 15) is 28.1 Å². The van der Waals surface area contributed by atoms with E-state index in [-0.39, 0.29) is 24.3 Å². The Balaban J connectivity index is 1.24. The van der Waals surface area contributed by atoms with Crippen molar-refractivity contribution in [3.05, 3.63) is 58.1 Å². The lowest BCUT2D eigenvalue weighted by atomic mass is 10.1. The summed E-state index contributed by atoms with van der Waals surface area (Å²) in [7, 11) is 1.62. The Kier molecular flexibility index (Phi) is 8.06. The second-order valence-corrected chi connectivity index (χ2v) is 9.02. The van der Waals surface area contributed by atoms with Gasteiger partial charge in [-0.2, -0.15) is 13.2 Å². The highest BCUT2D eigenvalue weighted by molar-refractivity contribution is 5.77. The third-order valence-corrected chi connectivity index (χ3v) is 6.78. The molecule has 2 heterocycles. The molecule has 1 amide bonds. The lowest BCUT2D eigenvalue weighted by Gasteiger charge is -2.37. The SMILES string of the molecule is COc1cccc(N2CCN(C(=O)COC3CCN(c4ccc([N+](=O)[O-])c(C(F)(F)F)c4)CC3)CC2)c1. The Labute approximate surface area is 212 Å². The van der Waals surface area contributed by atoms with Crippen LogP contribution in [0.3, 0.4) is 0 Å². The number of nitrogens with zero attached hydrogens (tertiary/aromatic N) is 4. The molecule has 4 rings (SSSR count). The average Bonchev–Trinajstić information content (AvgIpc) is 2.91. The number of hydrogen-bond acceptors (Lipinski definition) is 7. The molecule has 2 aliphatic heterocycles. The van der Waals surface area contributed by atoms with Crippen molar-refractivity contribution < 1.29 is 32.4 Å². The number of piperidine rings is 1. The van der Waals surface area contributed by atoms with E-state index >= 15 is 0 Å². The first kappa shape index (κ1) is 26.5. The Bertz CT molecular complexity index is 1110. The minimum absolute atomic E-state index is 0.0421. The molecule has 0 unspecified atom stereocenters. The van der Waals surface area contributed by atoms with E-state index < -0.39 is 22.4 Å². The number of methoxy groups -OCH3 is 1. The van der Waals surface area contributed by atoms with Crippen LogP contribution in [0.1, 0.15) is 18.4 Å². The monoisotopic (exact) mass is 522 g/mol. The lowest BCUT2D eigenvalue weighted by Crippen LogP contribution is -2.50. The van der Waals surface area contributed by atoms with Crippen LogP contribution >= 0.6 is 0 Å². The van der Waals surface area contributed by atoms with E-state index in [4.69, 9.17) is 9.47 Å². The van der Waals surface area contributed by atoms with Gasteiger partial charge in [0.05, 0.1) is 18.1 Å². The van der Waals surface area contributed by atoms with Gasteiger partial charge in [-0.15, -0.1) is 0 Å². The normalized spacial score (nSPS) is 17.1. The number of piperazine rings is 1. The fourth-order valence-corrected chi connectivity index (χ4v) is 4.69. The number of benzene rings is 2. The van der Waals surface area contributed by atoms with E-state index in [1.54, 1.807) is 16.9 Å². The molecule has 2 aliphatic rings. The number of ether oxygens (including phenoxy) is 2. The zero-order valence-electron chi connectivity index (χ0n) is 20.4. The number of anilines is 2. The molecule has 12 heteroatoms. The molecule has 2 aromatic rings. The molecule has 0 radical (unpaired) electrons. The van der Waals surface area contributed by atoms with Crippen molar-refractivity contribution in [3.63, 3.8) is 0 Å². The van der Waals surface area contributed by atoms with Crippen molar-refractivity contribution >= 4 is 23.0 Å². The minimum atomic E-state index is -4.82. The van der Waals surface area contributed by atoms with Crippen LogP contribution in [0.25, 0.3) is 0 Å². The zero-order valence-corrected chi connectivity index (χ0v) is 20.4. The maximum absolute atomic E-state index is 13.3. The number of rotatable bonds is 7. The summed E-state index contributed by atoms with van der Waals surface area (Å²) in [5, 5.41) is 11.0. The first-order chi connectivity index (χ1) is 17.7. The van der Waals surface area contributed by atoms with E-state index in [1.807, 2.05) is 24.3 Å². The topological polar surface area (TPSA) is 88.4 Å². The number of carbonyl (C=O) groups excluding carboxylic acids is 1. The summed E-state index contributed by atoms with van der Waals surface area (Å²) in [6.07, 6.45) is -3.93. The maximum Gasteiger partial charge on any atom is 0.423 e. The molecule has 0 aromatic heterocycles. The van der Waals surface area contributed by atoms with Gasteiger partial charge in [0.15, 0.2) is 0 Å². The number of halogens is 3. The molecule has 0 saturated carbocycles. The minimum Gasteiger partial charge on any atom is -0.497 e. The summed E-state index contributed by atoms with van der Waals surface area (Å²) in [6.45, 7) is 3.37. The largest absolute Gasteiger partial charge is 0.497 e. The Morgan fingerprint density at radius 3 is 2.27 bits per heavy atom. The molecule has 0 atom stereocenters. The summed E-state index contributed by atoms with van der Waals surface area (Å²) in [5.74, 6) is 0.697. The van der Waals surface area contributed by atoms with Gasteiger partial charge >= 0.3 is 6.18 Å². The van der Waals surface area contributed by atoms with Crippen LogP contribution in [0.5, 0.6) is 5.75 Å². The quantitative estimate of drug-likeness (QED) is 0.402. The van der Waals surface area contributed by atoms with Gasteiger partial charge in [0, 0.05) is 62.8 Å². The smallest absolute Gasteiger partial charge is 0.423 e. The van der Waals surface area contributed by atoms with Gasteiger partial charge in [0.1, 0.15) is 17.9 Å². The summed E-state index contributed by atoms with van der Waals surface area (Å²) in [6, 6.07) is 10.9. The molecule has 2 fully saturated rings. The number of nitro groups is 1. The van der Waals surface area contributed by atoms with E-state index in [1.165, 1.54) is 6.07 Å². The molecule has 0 N–H and O–H groups in total. The third-order valence-electron chi connectivity index (χ3n) is 6.78. The summed E-state index contributed by atoms with van der Waals surface area (Å²) in [4.78, 5) is 28.4. The van der Waals surface area contributed by atoms with Gasteiger partial charge in [-0.25, -0.2) is 0 Å². The number of hydrogen-bond donors (Lipinski definition) is 0. The first-order valence-electron chi connectivity index (χ1n) is 12.0. The van der Waals surface area contributed by atoms with Crippen LogP contribution < -0.4 is 14.5 Å². The zero-order chi connectivity index (χ0) is 26.6. The maximum atomic E-state index is 13.3. The van der Waals surface area contributed by atoms with Gasteiger partial charge in [-0.3, -0.25) is 14.9 Å². The Morgan fingerprint density at radius 1 is 1.00 bits per heavy atom. The van der Waals surface area contributed by atoms with Crippen LogP contribution in [-0.4, -0.2) is 74.8 Å². The Hall–Kier alpha value is -3.54. The second-order valence-electron chi connectivity index (χ2n) is 9.02. The van der Waals surface area contributed by atoms with E-state index in [0.29, 0.717) is 52.1 Å². The second kappa shape index (κ2) is 11.2. The fraction of sp³-hybridized carbons (Fsp3) is 0.480. The summed E-state index contributed by atoms with van der Waals surface area (Å²) < 4.78 is 51.0. The predicted octanol–water partition coefficient (Wildman–Crippen LogP) is 3.96. The van der Waals surface area contributed by atoms with Gasteiger partial charge in [-0.05, 0) is 37.1 Å². The molecular weight excluding hydrogens is 493 g/mol. The molecule has 0 spiro atoms. The fourth-order valence-electron chi connectivity index (χ4n) is 4.69. The van der Waals surface area contributed by atoms with Crippen molar-refractivity contribution in [2.75, 3.05) is 62.8 Å². The number of carbonyl (C=O) groups is 1. The lowest BCUT2D eigenvalue weighted by molar-refractivity contribution is -0.388. The molecule has 0 bridgehead atoms. The van der Waals surface area contributed by atoms with Crippen molar-refractivity contribution in [1.29, 1.82) is 0 Å².